The molecule has 0 saturated heterocycles. The van der Waals surface area contributed by atoms with E-state index in [1.807, 2.05) is 0 Å². The van der Waals surface area contributed by atoms with Gasteiger partial charge in [-0.2, -0.15) is 0 Å². The van der Waals surface area contributed by atoms with Crippen molar-refractivity contribution < 1.29 is 15.0 Å². The van der Waals surface area contributed by atoms with Crippen LogP contribution in [-0.4, -0.2) is 29.3 Å². The van der Waals surface area contributed by atoms with Crippen molar-refractivity contribution in [3.63, 3.8) is 0 Å². The largest absolute Gasteiger partial charge is 0.508 e. The maximum Gasteiger partial charge on any atom is 0.251 e. The molecule has 0 spiro atoms. The molecule has 0 unspecified atom stereocenters. The van der Waals surface area contributed by atoms with E-state index in [1.165, 1.54) is 0 Å². The number of aliphatic hydroxyl groups excluding tert-OH is 1. The first-order valence-electron chi connectivity index (χ1n) is 5.32. The number of amides is 1. The molecular formula is C13H13NO3. The van der Waals surface area contributed by atoms with E-state index in [2.05, 4.69) is 5.32 Å². The van der Waals surface area contributed by atoms with E-state index in [1.54, 1.807) is 36.4 Å². The number of carbonyl (C=O) groups excluding carboxylic acids is 1. The van der Waals surface area contributed by atoms with E-state index in [0.717, 1.165) is 10.8 Å². The second kappa shape index (κ2) is 4.84. The number of rotatable bonds is 3. The molecule has 88 valence electrons. The monoisotopic (exact) mass is 231 g/mol. The second-order valence-corrected chi connectivity index (χ2v) is 3.73. The van der Waals surface area contributed by atoms with Crippen LogP contribution in [0.3, 0.4) is 0 Å². The number of benzene rings is 2. The van der Waals surface area contributed by atoms with E-state index in [0.29, 0.717) is 5.56 Å². The second-order valence-electron chi connectivity index (χ2n) is 3.73. The number of fused-ring (bicyclic) bond motifs is 1. The highest BCUT2D eigenvalue weighted by molar-refractivity contribution is 5.98. The molecular weight excluding hydrogens is 218 g/mol. The van der Waals surface area contributed by atoms with Crippen molar-refractivity contribution in [3.8, 4) is 5.75 Å². The van der Waals surface area contributed by atoms with E-state index in [9.17, 15) is 9.90 Å². The lowest BCUT2D eigenvalue weighted by atomic mass is 10.1. The van der Waals surface area contributed by atoms with E-state index in [4.69, 9.17) is 5.11 Å². The molecule has 0 fully saturated rings. The van der Waals surface area contributed by atoms with Crippen LogP contribution in [0, 0.1) is 0 Å². The molecule has 0 aliphatic rings. The van der Waals surface area contributed by atoms with E-state index in [-0.39, 0.29) is 24.8 Å². The van der Waals surface area contributed by atoms with Crippen LogP contribution in [0.5, 0.6) is 5.75 Å². The van der Waals surface area contributed by atoms with Gasteiger partial charge in [-0.25, -0.2) is 0 Å². The van der Waals surface area contributed by atoms with Crippen molar-refractivity contribution >= 4 is 16.7 Å². The lowest BCUT2D eigenvalue weighted by molar-refractivity contribution is 0.0945. The Morgan fingerprint density at radius 3 is 2.59 bits per heavy atom. The Hall–Kier alpha value is -2.07. The first-order valence-corrected chi connectivity index (χ1v) is 5.32. The van der Waals surface area contributed by atoms with Gasteiger partial charge < -0.3 is 15.5 Å². The summed E-state index contributed by atoms with van der Waals surface area (Å²) in [5.74, 6) is -0.0102. The number of phenolic OH excluding ortho intramolecular Hbond substituents is 1. The smallest absolute Gasteiger partial charge is 0.251 e. The summed E-state index contributed by atoms with van der Waals surface area (Å²) >= 11 is 0. The fourth-order valence-corrected chi connectivity index (χ4v) is 1.65. The van der Waals surface area contributed by atoms with Gasteiger partial charge in [-0.15, -0.1) is 0 Å². The highest BCUT2D eigenvalue weighted by Gasteiger charge is 2.05. The predicted octanol–water partition coefficient (Wildman–Crippen LogP) is 1.27. The number of hydrogen-bond acceptors (Lipinski definition) is 3. The van der Waals surface area contributed by atoms with Gasteiger partial charge in [0.2, 0.25) is 0 Å². The molecule has 2 rings (SSSR count). The number of phenols is 1. The quantitative estimate of drug-likeness (QED) is 0.745. The summed E-state index contributed by atoms with van der Waals surface area (Å²) in [6.45, 7) is 0.166. The van der Waals surface area contributed by atoms with Crippen LogP contribution < -0.4 is 5.32 Å². The Morgan fingerprint density at radius 2 is 1.82 bits per heavy atom. The summed E-state index contributed by atoms with van der Waals surface area (Å²) < 4.78 is 0. The van der Waals surface area contributed by atoms with Crippen molar-refractivity contribution in [2.45, 2.75) is 0 Å². The van der Waals surface area contributed by atoms with Gasteiger partial charge in [-0.1, -0.05) is 12.1 Å². The molecule has 0 bridgehead atoms. The Balaban J connectivity index is 2.31. The van der Waals surface area contributed by atoms with Crippen LogP contribution in [0.25, 0.3) is 10.8 Å². The molecule has 0 heterocycles. The third-order valence-electron chi connectivity index (χ3n) is 2.48. The zero-order valence-electron chi connectivity index (χ0n) is 9.18. The Kier molecular flexibility index (Phi) is 3.25. The summed E-state index contributed by atoms with van der Waals surface area (Å²) in [4.78, 5) is 11.6. The van der Waals surface area contributed by atoms with Gasteiger partial charge in [-0.3, -0.25) is 4.79 Å². The summed E-state index contributed by atoms with van der Waals surface area (Å²) in [7, 11) is 0. The number of hydrogen-bond donors (Lipinski definition) is 3. The van der Waals surface area contributed by atoms with Gasteiger partial charge in [0.05, 0.1) is 6.61 Å². The molecule has 2 aromatic carbocycles. The average Bonchev–Trinajstić information content (AvgIpc) is 2.35. The number of aliphatic hydroxyl groups is 1. The summed E-state index contributed by atoms with van der Waals surface area (Å²) in [6.07, 6.45) is 0. The summed E-state index contributed by atoms with van der Waals surface area (Å²) in [5, 5.41) is 22.3. The average molecular weight is 231 g/mol. The fraction of sp³-hybridized carbons (Fsp3) is 0.154. The lowest BCUT2D eigenvalue weighted by Gasteiger charge is -2.05. The Morgan fingerprint density at radius 1 is 1.12 bits per heavy atom. The molecule has 2 aromatic rings. The van der Waals surface area contributed by atoms with Gasteiger partial charge in [0.15, 0.2) is 0 Å². The van der Waals surface area contributed by atoms with Crippen molar-refractivity contribution in [2.75, 3.05) is 13.2 Å². The SMILES string of the molecule is O=C(NCCO)c1ccc2cc(O)ccc2c1. The lowest BCUT2D eigenvalue weighted by Crippen LogP contribution is -2.26. The van der Waals surface area contributed by atoms with Crippen molar-refractivity contribution in [2.24, 2.45) is 0 Å². The van der Waals surface area contributed by atoms with Gasteiger partial charge in [0.25, 0.3) is 5.91 Å². The highest BCUT2D eigenvalue weighted by atomic mass is 16.3. The highest BCUT2D eigenvalue weighted by Crippen LogP contribution is 2.20. The molecule has 1 amide bonds. The van der Waals surface area contributed by atoms with Gasteiger partial charge in [0, 0.05) is 12.1 Å². The summed E-state index contributed by atoms with van der Waals surface area (Å²) in [5.41, 5.74) is 0.539. The van der Waals surface area contributed by atoms with E-state index >= 15 is 0 Å². The van der Waals surface area contributed by atoms with Gasteiger partial charge in [-0.05, 0) is 35.0 Å². The van der Waals surface area contributed by atoms with Crippen LogP contribution in [0.15, 0.2) is 36.4 Å². The van der Waals surface area contributed by atoms with Gasteiger partial charge >= 0.3 is 0 Å². The third kappa shape index (κ3) is 2.54. The van der Waals surface area contributed by atoms with Crippen LogP contribution >= 0.6 is 0 Å². The minimum atomic E-state index is -0.214. The molecule has 3 N–H and O–H groups in total. The van der Waals surface area contributed by atoms with Crippen molar-refractivity contribution in [3.05, 3.63) is 42.0 Å². The first kappa shape index (κ1) is 11.4. The topological polar surface area (TPSA) is 69.6 Å². The van der Waals surface area contributed by atoms with Crippen molar-refractivity contribution in [1.82, 2.24) is 5.32 Å². The Bertz CT molecular complexity index is 551. The molecule has 0 aliphatic carbocycles. The normalized spacial score (nSPS) is 10.4. The minimum absolute atomic E-state index is 0.0762. The molecule has 0 radical (unpaired) electrons. The van der Waals surface area contributed by atoms with Crippen LogP contribution in [0.4, 0.5) is 0 Å². The molecule has 0 aliphatic heterocycles. The maximum absolute atomic E-state index is 11.6. The zero-order valence-corrected chi connectivity index (χ0v) is 9.18. The Labute approximate surface area is 98.5 Å². The van der Waals surface area contributed by atoms with Crippen LogP contribution in [0.1, 0.15) is 10.4 Å². The number of carbonyl (C=O) groups is 1. The van der Waals surface area contributed by atoms with Crippen LogP contribution in [-0.2, 0) is 0 Å². The standard InChI is InChI=1S/C13H13NO3/c15-6-5-14-13(17)11-2-1-10-8-12(16)4-3-9(10)7-11/h1-4,7-8,15-16H,5-6H2,(H,14,17). The fourth-order valence-electron chi connectivity index (χ4n) is 1.65. The summed E-state index contributed by atoms with van der Waals surface area (Å²) in [6, 6.07) is 10.2. The molecule has 0 atom stereocenters. The first-order chi connectivity index (χ1) is 8.20. The molecule has 0 aromatic heterocycles. The molecule has 4 nitrogen and oxygen atoms in total. The third-order valence-corrected chi connectivity index (χ3v) is 2.48. The van der Waals surface area contributed by atoms with Gasteiger partial charge in [0.1, 0.15) is 5.75 Å². The zero-order chi connectivity index (χ0) is 12.3. The minimum Gasteiger partial charge on any atom is -0.508 e. The van der Waals surface area contributed by atoms with Crippen LogP contribution in [0.2, 0.25) is 0 Å². The number of aromatic hydroxyl groups is 1. The maximum atomic E-state index is 11.6. The number of nitrogens with one attached hydrogen (secondary N) is 1. The molecule has 0 saturated carbocycles. The molecule has 17 heavy (non-hydrogen) atoms. The predicted molar refractivity (Wildman–Crippen MR) is 65.0 cm³/mol. The van der Waals surface area contributed by atoms with E-state index < -0.39 is 0 Å². The molecule has 4 heteroatoms. The van der Waals surface area contributed by atoms with Crippen molar-refractivity contribution in [1.29, 1.82) is 0 Å².